The van der Waals surface area contributed by atoms with E-state index in [-0.39, 0.29) is 19.1 Å². The van der Waals surface area contributed by atoms with Gasteiger partial charge in [0.1, 0.15) is 0 Å². The highest BCUT2D eigenvalue weighted by molar-refractivity contribution is 4.90. The molecule has 2 heteroatoms. The fraction of sp³-hybridized carbons (Fsp3) is 0.800. The highest BCUT2D eigenvalue weighted by Gasteiger charge is 2.15. The lowest BCUT2D eigenvalue weighted by molar-refractivity contribution is 0.128. The lowest BCUT2D eigenvalue weighted by atomic mass is 9.86. The summed E-state index contributed by atoms with van der Waals surface area (Å²) < 4.78 is 0. The molecule has 1 unspecified atom stereocenters. The average Bonchev–Trinajstić information content (AvgIpc) is 2.16. The van der Waals surface area contributed by atoms with Gasteiger partial charge < -0.3 is 10.2 Å². The molecular weight excluding hydrogens is 152 g/mol. The smallest absolute Gasteiger partial charge is 0.0481 e. The van der Waals surface area contributed by atoms with Gasteiger partial charge in [0.05, 0.1) is 0 Å². The van der Waals surface area contributed by atoms with Crippen molar-refractivity contribution in [3.8, 4) is 0 Å². The van der Waals surface area contributed by atoms with E-state index in [0.717, 1.165) is 19.3 Å². The Morgan fingerprint density at radius 1 is 1.25 bits per heavy atom. The van der Waals surface area contributed by atoms with Gasteiger partial charge in [-0.3, -0.25) is 0 Å². The molecule has 1 atom stereocenters. The summed E-state index contributed by atoms with van der Waals surface area (Å²) in [6, 6.07) is 0. The van der Waals surface area contributed by atoms with Crippen molar-refractivity contribution in [1.29, 1.82) is 0 Å². The van der Waals surface area contributed by atoms with Crippen LogP contribution < -0.4 is 0 Å². The fourth-order valence-electron chi connectivity index (χ4n) is 1.75. The summed E-state index contributed by atoms with van der Waals surface area (Å²) in [5.41, 5.74) is 0. The first-order chi connectivity index (χ1) is 5.86. The van der Waals surface area contributed by atoms with Crippen molar-refractivity contribution in [2.45, 2.75) is 25.7 Å². The molecule has 0 amide bonds. The third-order valence-electron chi connectivity index (χ3n) is 2.56. The van der Waals surface area contributed by atoms with Crippen LogP contribution in [0.25, 0.3) is 0 Å². The van der Waals surface area contributed by atoms with Gasteiger partial charge in [-0.05, 0) is 31.6 Å². The maximum absolute atomic E-state index is 8.88. The first kappa shape index (κ1) is 9.75. The van der Waals surface area contributed by atoms with Gasteiger partial charge in [0, 0.05) is 19.1 Å². The first-order valence-electron chi connectivity index (χ1n) is 4.73. The molecule has 1 aliphatic rings. The fourth-order valence-corrected chi connectivity index (χ4v) is 1.75. The Kier molecular flexibility index (Phi) is 4.33. The number of allylic oxidation sites excluding steroid dienone is 2. The Morgan fingerprint density at radius 3 is 2.50 bits per heavy atom. The molecule has 0 aromatic heterocycles. The molecule has 2 N–H and O–H groups in total. The SMILES string of the molecule is OCC(CO)CC1CC=CCC1. The van der Waals surface area contributed by atoms with Crippen LogP contribution in [0.3, 0.4) is 0 Å². The standard InChI is InChI=1S/C10H18O2/c11-7-10(8-12)6-9-4-2-1-3-5-9/h1-2,9-12H,3-8H2. The topological polar surface area (TPSA) is 40.5 Å². The molecule has 0 radical (unpaired) electrons. The van der Waals surface area contributed by atoms with E-state index in [9.17, 15) is 0 Å². The Morgan fingerprint density at radius 2 is 2.00 bits per heavy atom. The minimum atomic E-state index is 0.0986. The van der Waals surface area contributed by atoms with Crippen LogP contribution in [0.2, 0.25) is 0 Å². The molecule has 2 nitrogen and oxygen atoms in total. The van der Waals surface area contributed by atoms with Gasteiger partial charge >= 0.3 is 0 Å². The molecule has 1 rings (SSSR count). The second-order valence-electron chi connectivity index (χ2n) is 3.62. The van der Waals surface area contributed by atoms with Crippen LogP contribution in [0.5, 0.6) is 0 Å². The summed E-state index contributed by atoms with van der Waals surface area (Å²) in [4.78, 5) is 0. The predicted molar refractivity (Wildman–Crippen MR) is 48.8 cm³/mol. The third-order valence-corrected chi connectivity index (χ3v) is 2.56. The first-order valence-corrected chi connectivity index (χ1v) is 4.73. The van der Waals surface area contributed by atoms with Crippen molar-refractivity contribution in [3.63, 3.8) is 0 Å². The summed E-state index contributed by atoms with van der Waals surface area (Å²) in [5.74, 6) is 0.779. The molecule has 0 aromatic rings. The molecule has 0 aromatic carbocycles. The molecule has 70 valence electrons. The number of aliphatic hydroxyl groups excluding tert-OH is 2. The van der Waals surface area contributed by atoms with Gasteiger partial charge in [0.15, 0.2) is 0 Å². The van der Waals surface area contributed by atoms with Gasteiger partial charge in [-0.25, -0.2) is 0 Å². The van der Waals surface area contributed by atoms with Crippen molar-refractivity contribution in [1.82, 2.24) is 0 Å². The Balaban J connectivity index is 2.24. The largest absolute Gasteiger partial charge is 0.396 e. The quantitative estimate of drug-likeness (QED) is 0.625. The van der Waals surface area contributed by atoms with E-state index in [1.165, 1.54) is 6.42 Å². The van der Waals surface area contributed by atoms with E-state index in [0.29, 0.717) is 5.92 Å². The number of aliphatic hydroxyl groups is 2. The monoisotopic (exact) mass is 170 g/mol. The zero-order chi connectivity index (χ0) is 8.81. The number of hydrogen-bond donors (Lipinski definition) is 2. The van der Waals surface area contributed by atoms with E-state index in [1.54, 1.807) is 0 Å². The summed E-state index contributed by atoms with van der Waals surface area (Å²) in [6.45, 7) is 0.243. The van der Waals surface area contributed by atoms with Crippen molar-refractivity contribution in [3.05, 3.63) is 12.2 Å². The van der Waals surface area contributed by atoms with Crippen LogP contribution >= 0.6 is 0 Å². The van der Waals surface area contributed by atoms with Gasteiger partial charge in [0.25, 0.3) is 0 Å². The van der Waals surface area contributed by atoms with Crippen LogP contribution in [0.1, 0.15) is 25.7 Å². The van der Waals surface area contributed by atoms with Gasteiger partial charge in [0.2, 0.25) is 0 Å². The summed E-state index contributed by atoms with van der Waals surface area (Å²) >= 11 is 0. The minimum Gasteiger partial charge on any atom is -0.396 e. The van der Waals surface area contributed by atoms with Crippen LogP contribution in [0, 0.1) is 11.8 Å². The van der Waals surface area contributed by atoms with Crippen molar-refractivity contribution >= 4 is 0 Å². The molecular formula is C10H18O2. The molecule has 0 fully saturated rings. The molecule has 0 saturated heterocycles. The van der Waals surface area contributed by atoms with E-state index in [1.807, 2.05) is 0 Å². The lowest BCUT2D eigenvalue weighted by Crippen LogP contribution is -2.16. The third kappa shape index (κ3) is 2.95. The van der Waals surface area contributed by atoms with E-state index in [2.05, 4.69) is 12.2 Å². The normalized spacial score (nSPS) is 23.4. The molecule has 0 heterocycles. The molecule has 0 spiro atoms. The van der Waals surface area contributed by atoms with Gasteiger partial charge in [-0.1, -0.05) is 12.2 Å². The minimum absolute atomic E-state index is 0.0986. The maximum atomic E-state index is 8.88. The summed E-state index contributed by atoms with van der Waals surface area (Å²) in [6.07, 6.45) is 8.89. The molecule has 0 saturated carbocycles. The Hall–Kier alpha value is -0.340. The Bertz CT molecular complexity index is 139. The Labute approximate surface area is 73.9 Å². The lowest BCUT2D eigenvalue weighted by Gasteiger charge is -2.21. The molecule has 12 heavy (non-hydrogen) atoms. The van der Waals surface area contributed by atoms with Crippen molar-refractivity contribution < 1.29 is 10.2 Å². The van der Waals surface area contributed by atoms with Crippen molar-refractivity contribution in [2.24, 2.45) is 11.8 Å². The van der Waals surface area contributed by atoms with Crippen LogP contribution in [0.4, 0.5) is 0 Å². The highest BCUT2D eigenvalue weighted by atomic mass is 16.3. The molecule has 1 aliphatic carbocycles. The average molecular weight is 170 g/mol. The van der Waals surface area contributed by atoms with Crippen LogP contribution in [-0.4, -0.2) is 23.4 Å². The van der Waals surface area contributed by atoms with E-state index in [4.69, 9.17) is 10.2 Å². The molecule has 0 bridgehead atoms. The van der Waals surface area contributed by atoms with E-state index < -0.39 is 0 Å². The zero-order valence-corrected chi connectivity index (χ0v) is 7.45. The number of rotatable bonds is 4. The van der Waals surface area contributed by atoms with Crippen LogP contribution in [0.15, 0.2) is 12.2 Å². The highest BCUT2D eigenvalue weighted by Crippen LogP contribution is 2.24. The predicted octanol–water partition coefficient (Wildman–Crippen LogP) is 1.33. The van der Waals surface area contributed by atoms with Crippen LogP contribution in [-0.2, 0) is 0 Å². The maximum Gasteiger partial charge on any atom is 0.0481 e. The summed E-state index contributed by atoms with van der Waals surface area (Å²) in [5, 5.41) is 17.8. The number of hydrogen-bond acceptors (Lipinski definition) is 2. The van der Waals surface area contributed by atoms with E-state index >= 15 is 0 Å². The summed E-state index contributed by atoms with van der Waals surface area (Å²) in [7, 11) is 0. The second-order valence-corrected chi connectivity index (χ2v) is 3.62. The van der Waals surface area contributed by atoms with Crippen molar-refractivity contribution in [2.75, 3.05) is 13.2 Å². The second kappa shape index (κ2) is 5.33. The molecule has 0 aliphatic heterocycles. The van der Waals surface area contributed by atoms with Gasteiger partial charge in [-0.15, -0.1) is 0 Å². The van der Waals surface area contributed by atoms with Gasteiger partial charge in [-0.2, -0.15) is 0 Å². The zero-order valence-electron chi connectivity index (χ0n) is 7.45.